The molecule has 1 atom stereocenters. The van der Waals surface area contributed by atoms with E-state index in [1.807, 2.05) is 0 Å². The molecule has 1 N–H and O–H groups in total. The van der Waals surface area contributed by atoms with Gasteiger partial charge in [0.05, 0.1) is 18.1 Å². The van der Waals surface area contributed by atoms with Crippen LogP contribution in [0.4, 0.5) is 0 Å². The molecule has 0 bridgehead atoms. The highest BCUT2D eigenvalue weighted by atomic mass is 32.2. The van der Waals surface area contributed by atoms with Crippen LogP contribution in [0.1, 0.15) is 6.42 Å². The summed E-state index contributed by atoms with van der Waals surface area (Å²) < 4.78 is 27.9. The third-order valence-corrected chi connectivity index (χ3v) is 5.25. The Morgan fingerprint density at radius 1 is 1.50 bits per heavy atom. The molecule has 2 heterocycles. The van der Waals surface area contributed by atoms with Gasteiger partial charge in [0.1, 0.15) is 0 Å². The summed E-state index contributed by atoms with van der Waals surface area (Å²) in [4.78, 5) is 0. The van der Waals surface area contributed by atoms with E-state index >= 15 is 0 Å². The van der Waals surface area contributed by atoms with Crippen molar-refractivity contribution in [3.63, 3.8) is 0 Å². The van der Waals surface area contributed by atoms with Gasteiger partial charge < -0.3 is 10.1 Å². The molecule has 0 radical (unpaired) electrons. The van der Waals surface area contributed by atoms with Gasteiger partial charge in [-0.1, -0.05) is 0 Å². The van der Waals surface area contributed by atoms with Gasteiger partial charge in [0.25, 0.3) is 0 Å². The molecule has 14 heavy (non-hydrogen) atoms. The monoisotopic (exact) mass is 219 g/mol. The first-order valence-electron chi connectivity index (χ1n) is 4.98. The van der Waals surface area contributed by atoms with Crippen molar-refractivity contribution in [2.45, 2.75) is 6.42 Å². The highest BCUT2D eigenvalue weighted by molar-refractivity contribution is 7.91. The highest BCUT2D eigenvalue weighted by Gasteiger charge is 2.48. The van der Waals surface area contributed by atoms with Crippen LogP contribution in [0.5, 0.6) is 0 Å². The summed E-state index contributed by atoms with van der Waals surface area (Å²) in [5.74, 6) is 1.02. The molecule has 0 aromatic heterocycles. The zero-order chi connectivity index (χ0) is 10.2. The Kier molecular flexibility index (Phi) is 2.57. The molecule has 2 fully saturated rings. The van der Waals surface area contributed by atoms with Crippen molar-refractivity contribution in [3.8, 4) is 0 Å². The Morgan fingerprint density at radius 2 is 2.21 bits per heavy atom. The molecule has 0 amide bonds. The summed E-state index contributed by atoms with van der Waals surface area (Å²) in [6.45, 7) is 2.49. The lowest BCUT2D eigenvalue weighted by Crippen LogP contribution is -2.60. The predicted molar refractivity (Wildman–Crippen MR) is 53.9 cm³/mol. The number of nitrogens with one attached hydrogen (secondary N) is 1. The van der Waals surface area contributed by atoms with Crippen molar-refractivity contribution in [1.82, 2.24) is 5.32 Å². The normalized spacial score (nSPS) is 33.9. The van der Waals surface area contributed by atoms with E-state index in [4.69, 9.17) is 4.74 Å². The zero-order valence-electron chi connectivity index (χ0n) is 8.45. The van der Waals surface area contributed by atoms with Gasteiger partial charge in [-0.2, -0.15) is 0 Å². The average Bonchev–Trinajstić information content (AvgIpc) is 2.38. The predicted octanol–water partition coefficient (Wildman–Crippen LogP) is -0.343. The van der Waals surface area contributed by atoms with Crippen LogP contribution in [-0.2, 0) is 14.6 Å². The minimum Gasteiger partial charge on any atom is -0.384 e. The molecule has 5 heteroatoms. The van der Waals surface area contributed by atoms with Crippen molar-refractivity contribution in [3.05, 3.63) is 0 Å². The fourth-order valence-electron chi connectivity index (χ4n) is 2.52. The molecule has 0 aliphatic carbocycles. The lowest BCUT2D eigenvalue weighted by Gasteiger charge is -2.46. The van der Waals surface area contributed by atoms with Gasteiger partial charge in [-0.05, 0) is 12.3 Å². The van der Waals surface area contributed by atoms with Gasteiger partial charge in [-0.3, -0.25) is 0 Å². The Morgan fingerprint density at radius 3 is 2.57 bits per heavy atom. The van der Waals surface area contributed by atoms with Crippen LogP contribution >= 0.6 is 0 Å². The molecule has 0 spiro atoms. The van der Waals surface area contributed by atoms with E-state index in [1.165, 1.54) is 0 Å². The van der Waals surface area contributed by atoms with Crippen molar-refractivity contribution in [1.29, 1.82) is 0 Å². The fraction of sp³-hybridized carbons (Fsp3) is 1.00. The molecule has 0 aromatic carbocycles. The Balaban J connectivity index is 2.07. The van der Waals surface area contributed by atoms with Gasteiger partial charge in [-0.15, -0.1) is 0 Å². The van der Waals surface area contributed by atoms with Gasteiger partial charge in [0.2, 0.25) is 0 Å². The van der Waals surface area contributed by atoms with E-state index in [1.54, 1.807) is 7.11 Å². The molecule has 2 saturated heterocycles. The average molecular weight is 219 g/mol. The summed E-state index contributed by atoms with van der Waals surface area (Å²) in [7, 11) is -1.07. The van der Waals surface area contributed by atoms with E-state index < -0.39 is 9.84 Å². The maximum Gasteiger partial charge on any atom is 0.150 e. The van der Waals surface area contributed by atoms with Crippen LogP contribution in [0.15, 0.2) is 0 Å². The SMILES string of the molecule is COCC1(C2CCS(=O)(=O)C2)CNC1. The zero-order valence-corrected chi connectivity index (χ0v) is 9.27. The van der Waals surface area contributed by atoms with E-state index in [2.05, 4.69) is 5.32 Å². The number of hydrogen-bond donors (Lipinski definition) is 1. The molecule has 4 nitrogen and oxygen atoms in total. The lowest BCUT2D eigenvalue weighted by atomic mass is 9.71. The number of rotatable bonds is 3. The van der Waals surface area contributed by atoms with Crippen molar-refractivity contribution in [2.24, 2.45) is 11.3 Å². The van der Waals surface area contributed by atoms with Crippen LogP contribution in [0.3, 0.4) is 0 Å². The molecule has 1 unspecified atom stereocenters. The minimum atomic E-state index is -2.76. The number of methoxy groups -OCH3 is 1. The number of hydrogen-bond acceptors (Lipinski definition) is 4. The first-order chi connectivity index (χ1) is 6.58. The van der Waals surface area contributed by atoms with Crippen molar-refractivity contribution >= 4 is 9.84 Å². The molecule has 2 aliphatic heterocycles. The highest BCUT2D eigenvalue weighted by Crippen LogP contribution is 2.39. The molecule has 82 valence electrons. The van der Waals surface area contributed by atoms with Crippen molar-refractivity contribution in [2.75, 3.05) is 38.3 Å². The summed E-state index contributed by atoms with van der Waals surface area (Å²) in [6.07, 6.45) is 0.813. The molecule has 2 rings (SSSR count). The van der Waals surface area contributed by atoms with Crippen LogP contribution in [0.2, 0.25) is 0 Å². The van der Waals surface area contributed by atoms with E-state index in [9.17, 15) is 8.42 Å². The molecule has 0 aromatic rings. The summed E-state index contributed by atoms with van der Waals surface area (Å²) in [5.41, 5.74) is 0.0956. The quantitative estimate of drug-likeness (QED) is 0.705. The first-order valence-corrected chi connectivity index (χ1v) is 6.80. The fourth-order valence-corrected chi connectivity index (χ4v) is 4.46. The topological polar surface area (TPSA) is 55.4 Å². The number of ether oxygens (including phenoxy) is 1. The van der Waals surface area contributed by atoms with Gasteiger partial charge >= 0.3 is 0 Å². The second-order valence-corrected chi connectivity index (χ2v) is 6.73. The maximum absolute atomic E-state index is 11.4. The smallest absolute Gasteiger partial charge is 0.150 e. The van der Waals surface area contributed by atoms with Crippen LogP contribution in [0.25, 0.3) is 0 Å². The van der Waals surface area contributed by atoms with Crippen LogP contribution in [-0.4, -0.2) is 46.7 Å². The third kappa shape index (κ3) is 1.68. The van der Waals surface area contributed by atoms with E-state index in [0.717, 1.165) is 19.5 Å². The molecular formula is C9H17NO3S. The molecule has 2 aliphatic rings. The molecular weight excluding hydrogens is 202 g/mol. The largest absolute Gasteiger partial charge is 0.384 e. The Bertz CT molecular complexity index is 308. The molecule has 0 saturated carbocycles. The Hall–Kier alpha value is -0.130. The van der Waals surface area contributed by atoms with E-state index in [0.29, 0.717) is 24.0 Å². The van der Waals surface area contributed by atoms with Gasteiger partial charge in [-0.25, -0.2) is 8.42 Å². The summed E-state index contributed by atoms with van der Waals surface area (Å²) in [6, 6.07) is 0. The van der Waals surface area contributed by atoms with Gasteiger partial charge in [0.15, 0.2) is 9.84 Å². The lowest BCUT2D eigenvalue weighted by molar-refractivity contribution is -0.00285. The second kappa shape index (κ2) is 3.47. The van der Waals surface area contributed by atoms with Crippen LogP contribution in [0, 0.1) is 11.3 Å². The third-order valence-electron chi connectivity index (χ3n) is 3.48. The second-order valence-electron chi connectivity index (χ2n) is 4.50. The standard InChI is InChI=1S/C9H17NO3S/c1-13-7-9(5-10-6-9)8-2-3-14(11,12)4-8/h8,10H,2-7H2,1H3. The van der Waals surface area contributed by atoms with Gasteiger partial charge in [0, 0.05) is 25.6 Å². The van der Waals surface area contributed by atoms with E-state index in [-0.39, 0.29) is 5.41 Å². The first kappa shape index (κ1) is 10.4. The summed E-state index contributed by atoms with van der Waals surface area (Å²) in [5, 5.41) is 3.22. The number of sulfone groups is 1. The summed E-state index contributed by atoms with van der Waals surface area (Å²) >= 11 is 0. The minimum absolute atomic E-state index is 0.0956. The Labute approximate surface area is 84.9 Å². The maximum atomic E-state index is 11.4. The van der Waals surface area contributed by atoms with Crippen molar-refractivity contribution < 1.29 is 13.2 Å². The van der Waals surface area contributed by atoms with Crippen LogP contribution < -0.4 is 5.32 Å².